The lowest BCUT2D eigenvalue weighted by molar-refractivity contribution is -0.160. The fraction of sp³-hybridized carbons (Fsp3) is 0.526. The van der Waals surface area contributed by atoms with E-state index in [4.69, 9.17) is 4.74 Å². The number of hydrogen-bond donors (Lipinski definition) is 2. The minimum absolute atomic E-state index is 0.0600. The number of methoxy groups -OCH3 is 1. The average Bonchev–Trinajstić information content (AvgIpc) is 2.58. The number of aliphatic hydroxyl groups excluding tert-OH is 1. The number of likely N-dealkylation sites (tertiary alicyclic amines) is 1. The fourth-order valence-corrected chi connectivity index (χ4v) is 5.15. The Bertz CT molecular complexity index is 743. The van der Waals surface area contributed by atoms with E-state index in [9.17, 15) is 15.0 Å². The lowest BCUT2D eigenvalue weighted by Gasteiger charge is -2.63. The SMILES string of the molecule is COc1ccc2c(c1)[C@]13CCN(C)[C@H](C2)[C@]1(O)CC(=CO)C(=O)C3. The van der Waals surface area contributed by atoms with Crippen molar-refractivity contribution >= 4 is 5.78 Å². The van der Waals surface area contributed by atoms with Gasteiger partial charge in [0.15, 0.2) is 5.78 Å². The molecule has 1 aliphatic heterocycles. The van der Waals surface area contributed by atoms with Gasteiger partial charge in [-0.25, -0.2) is 0 Å². The van der Waals surface area contributed by atoms with Crippen LogP contribution in [0.3, 0.4) is 0 Å². The third-order valence-electron chi connectivity index (χ3n) is 6.49. The smallest absolute Gasteiger partial charge is 0.163 e. The number of ether oxygens (including phenoxy) is 1. The molecular formula is C19H23NO4. The van der Waals surface area contributed by atoms with Gasteiger partial charge in [0.25, 0.3) is 0 Å². The highest BCUT2D eigenvalue weighted by atomic mass is 16.5. The second kappa shape index (κ2) is 5.07. The lowest BCUT2D eigenvalue weighted by Crippen LogP contribution is -2.72. The van der Waals surface area contributed by atoms with Gasteiger partial charge in [-0.2, -0.15) is 0 Å². The minimum atomic E-state index is -1.05. The molecule has 2 aliphatic carbocycles. The van der Waals surface area contributed by atoms with E-state index in [0.29, 0.717) is 5.57 Å². The Morgan fingerprint density at radius 2 is 2.17 bits per heavy atom. The van der Waals surface area contributed by atoms with E-state index < -0.39 is 11.0 Å². The molecule has 5 heteroatoms. The number of carbonyl (C=O) groups excluding carboxylic acids is 1. The number of piperidine rings is 1. The number of hydrogen-bond acceptors (Lipinski definition) is 5. The molecule has 2 N–H and O–H groups in total. The maximum atomic E-state index is 12.6. The summed E-state index contributed by atoms with van der Waals surface area (Å²) >= 11 is 0. The van der Waals surface area contributed by atoms with Crippen molar-refractivity contribution in [2.45, 2.75) is 42.7 Å². The summed E-state index contributed by atoms with van der Waals surface area (Å²) in [7, 11) is 3.66. The maximum absolute atomic E-state index is 12.6. The Hall–Kier alpha value is -1.85. The van der Waals surface area contributed by atoms with Gasteiger partial charge >= 0.3 is 0 Å². The van der Waals surface area contributed by atoms with Gasteiger partial charge in [-0.05, 0) is 49.7 Å². The number of carbonyl (C=O) groups is 1. The Morgan fingerprint density at radius 1 is 1.38 bits per heavy atom. The summed E-state index contributed by atoms with van der Waals surface area (Å²) in [5.41, 5.74) is 0.901. The quantitative estimate of drug-likeness (QED) is 0.606. The van der Waals surface area contributed by atoms with E-state index >= 15 is 0 Å². The van der Waals surface area contributed by atoms with Crippen molar-refractivity contribution in [1.82, 2.24) is 4.90 Å². The molecule has 2 bridgehead atoms. The van der Waals surface area contributed by atoms with Crippen molar-refractivity contribution in [3.63, 3.8) is 0 Å². The number of ketones is 1. The summed E-state index contributed by atoms with van der Waals surface area (Å²) in [6.07, 6.45) is 2.78. The summed E-state index contributed by atoms with van der Waals surface area (Å²) in [5.74, 6) is 0.681. The maximum Gasteiger partial charge on any atom is 0.163 e. The van der Waals surface area contributed by atoms with Crippen LogP contribution in [0.1, 0.15) is 30.4 Å². The zero-order chi connectivity index (χ0) is 17.1. The summed E-state index contributed by atoms with van der Waals surface area (Å²) in [4.78, 5) is 14.8. The Kier molecular flexibility index (Phi) is 3.31. The van der Waals surface area contributed by atoms with Crippen molar-refractivity contribution in [3.05, 3.63) is 41.2 Å². The van der Waals surface area contributed by atoms with Crippen molar-refractivity contribution in [2.24, 2.45) is 0 Å². The molecule has 1 saturated heterocycles. The van der Waals surface area contributed by atoms with Gasteiger partial charge in [-0.1, -0.05) is 6.07 Å². The molecule has 4 rings (SSSR count). The molecule has 24 heavy (non-hydrogen) atoms. The monoisotopic (exact) mass is 329 g/mol. The highest BCUT2D eigenvalue weighted by Crippen LogP contribution is 2.58. The van der Waals surface area contributed by atoms with E-state index in [-0.39, 0.29) is 24.7 Å². The van der Waals surface area contributed by atoms with Crippen LogP contribution in [-0.4, -0.2) is 53.2 Å². The predicted octanol–water partition coefficient (Wildman–Crippen LogP) is 1.73. The van der Waals surface area contributed by atoms with Gasteiger partial charge in [0.05, 0.1) is 19.0 Å². The lowest BCUT2D eigenvalue weighted by atomic mass is 9.49. The normalized spacial score (nSPS) is 37.0. The standard InChI is InChI=1S/C19H23NO4/c1-20-6-5-18-10-16(22)13(11-21)9-19(18,23)17(20)7-12-3-4-14(24-2)8-15(12)18/h3-4,8,11,17,21,23H,5-7,9-10H2,1-2H3/t17-,18-,19-/m1/s1. The molecule has 0 amide bonds. The van der Waals surface area contributed by atoms with Crippen molar-refractivity contribution in [3.8, 4) is 5.75 Å². The van der Waals surface area contributed by atoms with Gasteiger partial charge in [0, 0.05) is 29.9 Å². The van der Waals surface area contributed by atoms with E-state index in [1.165, 1.54) is 5.56 Å². The second-order valence-electron chi connectivity index (χ2n) is 7.41. The third kappa shape index (κ3) is 1.80. The molecule has 1 aromatic rings. The largest absolute Gasteiger partial charge is 0.515 e. The van der Waals surface area contributed by atoms with Crippen molar-refractivity contribution in [2.75, 3.05) is 20.7 Å². The first-order valence-corrected chi connectivity index (χ1v) is 8.41. The number of rotatable bonds is 1. The highest BCUT2D eigenvalue weighted by Gasteiger charge is 2.65. The second-order valence-corrected chi connectivity index (χ2v) is 7.41. The van der Waals surface area contributed by atoms with Crippen LogP contribution >= 0.6 is 0 Å². The molecule has 3 aliphatic rings. The zero-order valence-electron chi connectivity index (χ0n) is 14.1. The molecule has 3 atom stereocenters. The summed E-state index contributed by atoms with van der Waals surface area (Å²) in [5, 5.41) is 21.2. The van der Waals surface area contributed by atoms with Gasteiger partial charge in [-0.3, -0.25) is 4.79 Å². The van der Waals surface area contributed by atoms with Gasteiger partial charge < -0.3 is 19.8 Å². The van der Waals surface area contributed by atoms with Gasteiger partial charge in [-0.15, -0.1) is 0 Å². The number of nitrogens with zero attached hydrogens (tertiary/aromatic N) is 1. The van der Waals surface area contributed by atoms with Gasteiger partial charge in [0.1, 0.15) is 5.75 Å². The van der Waals surface area contributed by atoms with E-state index in [1.807, 2.05) is 19.2 Å². The number of Topliss-reactive ketones (excluding diaryl/α,β-unsaturated/α-hetero) is 1. The number of aliphatic hydroxyl groups is 2. The van der Waals surface area contributed by atoms with E-state index in [2.05, 4.69) is 11.0 Å². The molecule has 2 fully saturated rings. The minimum Gasteiger partial charge on any atom is -0.515 e. The molecule has 0 spiro atoms. The van der Waals surface area contributed by atoms with Crippen LogP contribution in [0.15, 0.2) is 30.0 Å². The Balaban J connectivity index is 1.96. The summed E-state index contributed by atoms with van der Waals surface area (Å²) in [6.45, 7) is 0.842. The Labute approximate surface area is 141 Å². The molecule has 128 valence electrons. The first-order chi connectivity index (χ1) is 11.4. The first kappa shape index (κ1) is 15.7. The molecule has 1 aromatic carbocycles. The first-order valence-electron chi connectivity index (χ1n) is 8.41. The zero-order valence-corrected chi connectivity index (χ0v) is 14.1. The third-order valence-corrected chi connectivity index (χ3v) is 6.49. The summed E-state index contributed by atoms with van der Waals surface area (Å²) in [6, 6.07) is 5.93. The number of benzene rings is 1. The van der Waals surface area contributed by atoms with Crippen molar-refractivity contribution < 1.29 is 19.7 Å². The fourth-order valence-electron chi connectivity index (χ4n) is 5.15. The van der Waals surface area contributed by atoms with Crippen molar-refractivity contribution in [1.29, 1.82) is 0 Å². The van der Waals surface area contributed by atoms with Crippen LogP contribution in [0, 0.1) is 0 Å². The van der Waals surface area contributed by atoms with Crippen LogP contribution in [0.2, 0.25) is 0 Å². The molecule has 0 radical (unpaired) electrons. The predicted molar refractivity (Wildman–Crippen MR) is 89.3 cm³/mol. The van der Waals surface area contributed by atoms with Crippen LogP contribution < -0.4 is 4.74 Å². The molecule has 1 saturated carbocycles. The summed E-state index contributed by atoms with van der Waals surface area (Å²) < 4.78 is 5.39. The van der Waals surface area contributed by atoms with E-state index in [0.717, 1.165) is 37.0 Å². The molecule has 0 unspecified atom stereocenters. The molecule has 0 aromatic heterocycles. The van der Waals surface area contributed by atoms with Crippen LogP contribution in [0.4, 0.5) is 0 Å². The highest BCUT2D eigenvalue weighted by molar-refractivity contribution is 5.98. The number of fused-ring (bicyclic) bond motifs is 1. The van der Waals surface area contributed by atoms with Crippen LogP contribution in [0.5, 0.6) is 5.75 Å². The molecule has 5 nitrogen and oxygen atoms in total. The van der Waals surface area contributed by atoms with E-state index in [1.54, 1.807) is 7.11 Å². The molecule has 1 heterocycles. The topological polar surface area (TPSA) is 70.0 Å². The van der Waals surface area contributed by atoms with Gasteiger partial charge in [0.2, 0.25) is 0 Å². The Morgan fingerprint density at radius 3 is 2.88 bits per heavy atom. The van der Waals surface area contributed by atoms with Crippen LogP contribution in [-0.2, 0) is 16.6 Å². The average molecular weight is 329 g/mol. The molecular weight excluding hydrogens is 306 g/mol. The van der Waals surface area contributed by atoms with Crippen LogP contribution in [0.25, 0.3) is 0 Å². The number of likely N-dealkylation sites (N-methyl/N-ethyl adjacent to an activating group) is 1.